The number of hydrogen-bond donors (Lipinski definition) is 2. The summed E-state index contributed by atoms with van der Waals surface area (Å²) in [6.45, 7) is 0.601. The maximum atomic E-state index is 11.9. The van der Waals surface area contributed by atoms with E-state index in [4.69, 9.17) is 12.2 Å². The summed E-state index contributed by atoms with van der Waals surface area (Å²) < 4.78 is 0. The van der Waals surface area contributed by atoms with Crippen LogP contribution in [0.25, 0.3) is 0 Å². The highest BCUT2D eigenvalue weighted by molar-refractivity contribution is 7.80. The summed E-state index contributed by atoms with van der Waals surface area (Å²) in [5, 5.41) is 4.98. The van der Waals surface area contributed by atoms with Crippen LogP contribution in [0, 0.1) is 0 Å². The largest absolute Gasteiger partial charge is 0.357 e. The third-order valence-electron chi connectivity index (χ3n) is 2.76. The number of aromatic nitrogens is 1. The van der Waals surface area contributed by atoms with Crippen LogP contribution >= 0.6 is 12.2 Å². The first-order chi connectivity index (χ1) is 10.2. The summed E-state index contributed by atoms with van der Waals surface area (Å²) >= 11 is 5.22. The molecule has 0 unspecified atom stereocenters. The van der Waals surface area contributed by atoms with Gasteiger partial charge in [0.25, 0.3) is 5.91 Å². The van der Waals surface area contributed by atoms with Crippen molar-refractivity contribution in [1.82, 2.24) is 20.7 Å². The van der Waals surface area contributed by atoms with Crippen LogP contribution in [0.15, 0.2) is 54.7 Å². The number of hydrazine groups is 1. The van der Waals surface area contributed by atoms with Crippen LogP contribution in [-0.2, 0) is 6.54 Å². The summed E-state index contributed by atoms with van der Waals surface area (Å²) in [5.74, 6) is -0.304. The first-order valence-electron chi connectivity index (χ1n) is 6.44. The van der Waals surface area contributed by atoms with Gasteiger partial charge in [0.05, 0.1) is 0 Å². The van der Waals surface area contributed by atoms with Gasteiger partial charge in [-0.1, -0.05) is 36.4 Å². The number of pyridine rings is 1. The van der Waals surface area contributed by atoms with Crippen LogP contribution in [0.3, 0.4) is 0 Å². The van der Waals surface area contributed by atoms with Gasteiger partial charge in [0, 0.05) is 19.8 Å². The highest BCUT2D eigenvalue weighted by Gasteiger charge is 2.10. The molecular weight excluding hydrogens is 284 g/mol. The van der Waals surface area contributed by atoms with E-state index in [1.54, 1.807) is 31.4 Å². The number of nitrogens with zero attached hydrogens (tertiary/aromatic N) is 2. The molecule has 0 saturated carbocycles. The number of thiocarbonyl (C=S) groups is 1. The lowest BCUT2D eigenvalue weighted by Crippen LogP contribution is -2.48. The van der Waals surface area contributed by atoms with E-state index in [0.717, 1.165) is 5.56 Å². The Bertz CT molecular complexity index is 604. The molecule has 0 aliphatic rings. The molecule has 0 atom stereocenters. The molecule has 1 aromatic heterocycles. The monoisotopic (exact) mass is 300 g/mol. The zero-order valence-electron chi connectivity index (χ0n) is 11.6. The van der Waals surface area contributed by atoms with Gasteiger partial charge in [0.2, 0.25) is 0 Å². The van der Waals surface area contributed by atoms with Crippen LogP contribution in [0.2, 0.25) is 0 Å². The fraction of sp³-hybridized carbons (Fsp3) is 0.133. The van der Waals surface area contributed by atoms with Crippen LogP contribution in [0.1, 0.15) is 16.1 Å². The molecule has 108 valence electrons. The van der Waals surface area contributed by atoms with E-state index in [1.165, 1.54) is 5.01 Å². The van der Waals surface area contributed by atoms with Gasteiger partial charge in [-0.05, 0) is 29.9 Å². The predicted molar refractivity (Wildman–Crippen MR) is 85.3 cm³/mol. The molecule has 0 spiro atoms. The van der Waals surface area contributed by atoms with Gasteiger partial charge >= 0.3 is 0 Å². The number of amides is 1. The van der Waals surface area contributed by atoms with E-state index in [-0.39, 0.29) is 5.91 Å². The van der Waals surface area contributed by atoms with Crippen molar-refractivity contribution in [3.8, 4) is 0 Å². The summed E-state index contributed by atoms with van der Waals surface area (Å²) in [5.41, 5.74) is 4.12. The van der Waals surface area contributed by atoms with E-state index in [0.29, 0.717) is 17.4 Å². The molecule has 6 heteroatoms. The molecule has 5 nitrogen and oxygen atoms in total. The van der Waals surface area contributed by atoms with Crippen LogP contribution in [0.4, 0.5) is 0 Å². The minimum Gasteiger partial charge on any atom is -0.357 e. The highest BCUT2D eigenvalue weighted by atomic mass is 32.1. The number of nitrogens with one attached hydrogen (secondary N) is 2. The SMILES string of the molecule is CN(NC(=O)c1ccccn1)C(=S)NCc1ccccc1. The zero-order chi connectivity index (χ0) is 15.1. The van der Waals surface area contributed by atoms with Crippen molar-refractivity contribution >= 4 is 23.2 Å². The van der Waals surface area contributed by atoms with Gasteiger partial charge < -0.3 is 5.32 Å². The molecule has 2 rings (SSSR count). The van der Waals surface area contributed by atoms with Gasteiger partial charge in [-0.2, -0.15) is 0 Å². The number of hydrogen-bond acceptors (Lipinski definition) is 3. The molecule has 1 aromatic carbocycles. The lowest BCUT2D eigenvalue weighted by Gasteiger charge is -2.21. The molecule has 0 bridgehead atoms. The molecule has 0 radical (unpaired) electrons. The number of benzene rings is 1. The fourth-order valence-electron chi connectivity index (χ4n) is 1.65. The van der Waals surface area contributed by atoms with Crippen LogP contribution < -0.4 is 10.7 Å². The minimum absolute atomic E-state index is 0.304. The Kier molecular flexibility index (Phi) is 5.22. The van der Waals surface area contributed by atoms with Crippen molar-refractivity contribution in [2.75, 3.05) is 7.05 Å². The highest BCUT2D eigenvalue weighted by Crippen LogP contribution is 1.98. The topological polar surface area (TPSA) is 57.3 Å². The van der Waals surface area contributed by atoms with Crippen molar-refractivity contribution in [3.05, 3.63) is 66.0 Å². The van der Waals surface area contributed by atoms with Gasteiger partial charge in [-0.3, -0.25) is 20.2 Å². The molecular formula is C15H16N4OS. The molecule has 2 N–H and O–H groups in total. The standard InChI is InChI=1S/C15H16N4OS/c1-19(18-14(20)13-9-5-6-10-16-13)15(21)17-11-12-7-3-2-4-8-12/h2-10H,11H2,1H3,(H,17,21)(H,18,20). The molecule has 0 saturated heterocycles. The second-order valence-electron chi connectivity index (χ2n) is 4.36. The van der Waals surface area contributed by atoms with Gasteiger partial charge in [0.15, 0.2) is 5.11 Å². The molecule has 2 aromatic rings. The van der Waals surface area contributed by atoms with E-state index in [1.807, 2.05) is 30.3 Å². The average molecular weight is 300 g/mol. The van der Waals surface area contributed by atoms with Crippen molar-refractivity contribution < 1.29 is 4.79 Å². The average Bonchev–Trinajstić information content (AvgIpc) is 2.54. The van der Waals surface area contributed by atoms with E-state index in [2.05, 4.69) is 15.7 Å². The fourth-order valence-corrected chi connectivity index (χ4v) is 1.77. The molecule has 1 heterocycles. The van der Waals surface area contributed by atoms with Crippen molar-refractivity contribution in [2.45, 2.75) is 6.54 Å². The Hall–Kier alpha value is -2.47. The summed E-state index contributed by atoms with van der Waals surface area (Å²) in [6.07, 6.45) is 1.57. The smallest absolute Gasteiger partial charge is 0.288 e. The second-order valence-corrected chi connectivity index (χ2v) is 4.75. The van der Waals surface area contributed by atoms with Gasteiger partial charge in [-0.15, -0.1) is 0 Å². The Morgan fingerprint density at radius 3 is 2.57 bits per heavy atom. The first-order valence-corrected chi connectivity index (χ1v) is 6.85. The third-order valence-corrected chi connectivity index (χ3v) is 3.18. The molecule has 1 amide bonds. The Labute approximate surface area is 129 Å². The maximum absolute atomic E-state index is 11.9. The quantitative estimate of drug-likeness (QED) is 0.668. The van der Waals surface area contributed by atoms with Crippen molar-refractivity contribution in [2.24, 2.45) is 0 Å². The van der Waals surface area contributed by atoms with Crippen molar-refractivity contribution in [3.63, 3.8) is 0 Å². The lowest BCUT2D eigenvalue weighted by atomic mass is 10.2. The molecule has 0 aliphatic carbocycles. The van der Waals surface area contributed by atoms with Gasteiger partial charge in [-0.25, -0.2) is 0 Å². The maximum Gasteiger partial charge on any atom is 0.288 e. The van der Waals surface area contributed by atoms with E-state index >= 15 is 0 Å². The summed E-state index contributed by atoms with van der Waals surface area (Å²) in [4.78, 5) is 15.9. The summed E-state index contributed by atoms with van der Waals surface area (Å²) in [7, 11) is 1.68. The summed E-state index contributed by atoms with van der Waals surface area (Å²) in [6, 6.07) is 15.1. The molecule has 0 fully saturated rings. The zero-order valence-corrected chi connectivity index (χ0v) is 12.4. The number of rotatable bonds is 3. The van der Waals surface area contributed by atoms with Crippen LogP contribution in [-0.4, -0.2) is 28.1 Å². The normalized spacial score (nSPS) is 9.76. The Morgan fingerprint density at radius 1 is 1.19 bits per heavy atom. The lowest BCUT2D eigenvalue weighted by molar-refractivity contribution is 0.0881. The Balaban J connectivity index is 1.84. The Morgan fingerprint density at radius 2 is 1.90 bits per heavy atom. The number of carbonyl (C=O) groups is 1. The molecule has 21 heavy (non-hydrogen) atoms. The minimum atomic E-state index is -0.304. The predicted octanol–water partition coefficient (Wildman–Crippen LogP) is 1.73. The molecule has 0 aliphatic heterocycles. The van der Waals surface area contributed by atoms with Gasteiger partial charge in [0.1, 0.15) is 5.69 Å². The number of carbonyl (C=O) groups excluding carboxylic acids is 1. The van der Waals surface area contributed by atoms with E-state index < -0.39 is 0 Å². The van der Waals surface area contributed by atoms with Crippen LogP contribution in [0.5, 0.6) is 0 Å². The third kappa shape index (κ3) is 4.54. The van der Waals surface area contributed by atoms with Crippen molar-refractivity contribution in [1.29, 1.82) is 0 Å². The first kappa shape index (κ1) is 14.9. The second kappa shape index (κ2) is 7.35. The van der Waals surface area contributed by atoms with E-state index in [9.17, 15) is 4.79 Å².